The van der Waals surface area contributed by atoms with Crippen molar-refractivity contribution < 1.29 is 17.9 Å². The highest BCUT2D eigenvalue weighted by molar-refractivity contribution is 5.67. The van der Waals surface area contributed by atoms with E-state index in [1.807, 2.05) is 43.3 Å². The first-order chi connectivity index (χ1) is 18.0. The molecule has 0 spiro atoms. The Balaban J connectivity index is 1.36. The highest BCUT2D eigenvalue weighted by Crippen LogP contribution is 2.38. The van der Waals surface area contributed by atoms with E-state index in [2.05, 4.69) is 6.92 Å². The number of hydrogen-bond acceptors (Lipinski definition) is 1. The van der Waals surface area contributed by atoms with Crippen LogP contribution in [0.1, 0.15) is 81.4 Å². The van der Waals surface area contributed by atoms with E-state index in [4.69, 9.17) is 4.74 Å². The van der Waals surface area contributed by atoms with Crippen LogP contribution in [0.15, 0.2) is 60.7 Å². The smallest absolute Gasteiger partial charge is 0.167 e. The molecular weight excluding hydrogens is 469 g/mol. The van der Waals surface area contributed by atoms with E-state index >= 15 is 0 Å². The molecule has 1 nitrogen and oxygen atoms in total. The Hall–Kier alpha value is -3.01. The normalized spacial score (nSPS) is 17.9. The molecule has 196 valence electrons. The Morgan fingerprint density at radius 3 is 2.27 bits per heavy atom. The summed E-state index contributed by atoms with van der Waals surface area (Å²) in [5, 5.41) is 0. The third kappa shape index (κ3) is 6.85. The molecule has 37 heavy (non-hydrogen) atoms. The summed E-state index contributed by atoms with van der Waals surface area (Å²) in [4.78, 5) is 0. The predicted molar refractivity (Wildman–Crippen MR) is 146 cm³/mol. The monoisotopic (exact) mass is 506 g/mol. The lowest BCUT2D eigenvalue weighted by Crippen LogP contribution is -2.12. The van der Waals surface area contributed by atoms with Crippen molar-refractivity contribution in [3.05, 3.63) is 94.8 Å². The van der Waals surface area contributed by atoms with Crippen molar-refractivity contribution in [3.63, 3.8) is 0 Å². The first-order valence-corrected chi connectivity index (χ1v) is 13.7. The van der Waals surface area contributed by atoms with Crippen LogP contribution in [0.3, 0.4) is 0 Å². The van der Waals surface area contributed by atoms with Crippen LogP contribution in [0.2, 0.25) is 0 Å². The van der Waals surface area contributed by atoms with E-state index in [0.717, 1.165) is 44.1 Å². The van der Waals surface area contributed by atoms with E-state index in [0.29, 0.717) is 29.8 Å². The van der Waals surface area contributed by atoms with Crippen molar-refractivity contribution >= 4 is 6.08 Å². The molecule has 4 rings (SSSR count). The Kier molecular flexibility index (Phi) is 9.49. The van der Waals surface area contributed by atoms with Gasteiger partial charge in [0.1, 0.15) is 0 Å². The molecule has 4 heteroatoms. The Morgan fingerprint density at radius 2 is 1.59 bits per heavy atom. The molecule has 3 aromatic rings. The van der Waals surface area contributed by atoms with E-state index in [-0.39, 0.29) is 16.9 Å². The lowest BCUT2D eigenvalue weighted by molar-refractivity contribution is 0.320. The minimum atomic E-state index is -0.806. The summed E-state index contributed by atoms with van der Waals surface area (Å²) < 4.78 is 49.4. The largest absolute Gasteiger partial charge is 0.491 e. The molecule has 1 aliphatic rings. The van der Waals surface area contributed by atoms with Gasteiger partial charge in [0.2, 0.25) is 0 Å². The lowest BCUT2D eigenvalue weighted by Gasteiger charge is -2.27. The zero-order valence-corrected chi connectivity index (χ0v) is 21.9. The molecule has 1 aliphatic carbocycles. The van der Waals surface area contributed by atoms with Gasteiger partial charge < -0.3 is 4.74 Å². The number of rotatable bonds is 10. The third-order valence-electron chi connectivity index (χ3n) is 7.49. The average molecular weight is 507 g/mol. The van der Waals surface area contributed by atoms with Crippen LogP contribution in [0, 0.1) is 23.4 Å². The molecule has 0 unspecified atom stereocenters. The molecule has 0 bridgehead atoms. The Bertz CT molecular complexity index is 1190. The second kappa shape index (κ2) is 13.0. The van der Waals surface area contributed by atoms with Gasteiger partial charge in [-0.05, 0) is 86.1 Å². The van der Waals surface area contributed by atoms with Gasteiger partial charge in [0.15, 0.2) is 23.2 Å². The van der Waals surface area contributed by atoms with Crippen molar-refractivity contribution in [1.29, 1.82) is 0 Å². The second-order valence-electron chi connectivity index (χ2n) is 10.1. The van der Waals surface area contributed by atoms with Gasteiger partial charge in [-0.2, -0.15) is 0 Å². The van der Waals surface area contributed by atoms with E-state index in [9.17, 15) is 13.2 Å². The van der Waals surface area contributed by atoms with Crippen molar-refractivity contribution in [1.82, 2.24) is 0 Å². The van der Waals surface area contributed by atoms with E-state index in [1.165, 1.54) is 18.4 Å². The highest BCUT2D eigenvalue weighted by Gasteiger charge is 2.22. The maximum Gasteiger partial charge on any atom is 0.167 e. The SMILES string of the molecule is CCCCCc1ccc(-c2ccc(C=CC3CCC(c4ccc(OCC)c(F)c4)CC3)c(F)c2F)cc1. The lowest BCUT2D eigenvalue weighted by atomic mass is 9.78. The zero-order chi connectivity index (χ0) is 26.2. The molecule has 3 aromatic carbocycles. The summed E-state index contributed by atoms with van der Waals surface area (Å²) in [6.07, 6.45) is 12.0. The molecular formula is C33H37F3O. The summed E-state index contributed by atoms with van der Waals surface area (Å²) in [5.74, 6) is -1.03. The number of halogens is 3. The summed E-state index contributed by atoms with van der Waals surface area (Å²) in [5.41, 5.74) is 3.47. The fourth-order valence-electron chi connectivity index (χ4n) is 5.27. The predicted octanol–water partition coefficient (Wildman–Crippen LogP) is 9.89. The molecule has 0 N–H and O–H groups in total. The molecule has 0 saturated heterocycles. The van der Waals surface area contributed by atoms with Crippen molar-refractivity contribution in [2.75, 3.05) is 6.61 Å². The van der Waals surface area contributed by atoms with Crippen LogP contribution in [-0.4, -0.2) is 6.61 Å². The maximum atomic E-state index is 15.0. The summed E-state index contributed by atoms with van der Waals surface area (Å²) >= 11 is 0. The first-order valence-electron chi connectivity index (χ1n) is 13.7. The number of aryl methyl sites for hydroxylation is 1. The number of hydrogen-bond donors (Lipinski definition) is 0. The van der Waals surface area contributed by atoms with Gasteiger partial charge in [-0.3, -0.25) is 0 Å². The van der Waals surface area contributed by atoms with Gasteiger partial charge in [-0.25, -0.2) is 13.2 Å². The number of unbranched alkanes of at least 4 members (excludes halogenated alkanes) is 2. The van der Waals surface area contributed by atoms with Gasteiger partial charge in [-0.1, -0.05) is 74.4 Å². The topological polar surface area (TPSA) is 9.23 Å². The van der Waals surface area contributed by atoms with Gasteiger partial charge in [-0.15, -0.1) is 0 Å². The summed E-state index contributed by atoms with van der Waals surface area (Å²) in [7, 11) is 0. The van der Waals surface area contributed by atoms with Crippen LogP contribution in [0.25, 0.3) is 17.2 Å². The molecule has 0 atom stereocenters. The minimum absolute atomic E-state index is 0.271. The van der Waals surface area contributed by atoms with E-state index < -0.39 is 11.6 Å². The Labute approximate surface area is 219 Å². The maximum absolute atomic E-state index is 15.0. The molecule has 1 fully saturated rings. The molecule has 0 aromatic heterocycles. The molecule has 0 heterocycles. The van der Waals surface area contributed by atoms with Crippen LogP contribution < -0.4 is 4.74 Å². The number of allylic oxidation sites excluding steroid dienone is 1. The quantitative estimate of drug-likeness (QED) is 0.249. The number of ether oxygens (including phenoxy) is 1. The van der Waals surface area contributed by atoms with Gasteiger partial charge in [0, 0.05) is 11.1 Å². The van der Waals surface area contributed by atoms with Crippen molar-refractivity contribution in [3.8, 4) is 16.9 Å². The Morgan fingerprint density at radius 1 is 0.838 bits per heavy atom. The second-order valence-corrected chi connectivity index (χ2v) is 10.1. The van der Waals surface area contributed by atoms with Gasteiger partial charge >= 0.3 is 0 Å². The van der Waals surface area contributed by atoms with Crippen LogP contribution in [0.4, 0.5) is 13.2 Å². The average Bonchev–Trinajstić information content (AvgIpc) is 2.92. The highest BCUT2D eigenvalue weighted by atomic mass is 19.2. The van der Waals surface area contributed by atoms with Gasteiger partial charge in [0.05, 0.1) is 6.61 Å². The molecule has 0 aliphatic heterocycles. The molecule has 1 saturated carbocycles. The first kappa shape index (κ1) is 27.0. The zero-order valence-electron chi connectivity index (χ0n) is 21.9. The van der Waals surface area contributed by atoms with Crippen LogP contribution >= 0.6 is 0 Å². The van der Waals surface area contributed by atoms with Gasteiger partial charge in [0.25, 0.3) is 0 Å². The van der Waals surface area contributed by atoms with E-state index in [1.54, 1.807) is 30.3 Å². The number of benzene rings is 3. The molecule has 0 radical (unpaired) electrons. The molecule has 0 amide bonds. The third-order valence-corrected chi connectivity index (χ3v) is 7.49. The minimum Gasteiger partial charge on any atom is -0.491 e. The summed E-state index contributed by atoms with van der Waals surface area (Å²) in [6, 6.07) is 16.4. The standard InChI is InChI=1S/C33H37F3O/c1-3-5-6-7-23-10-15-26(16-11-23)29-20-18-27(32(35)33(29)36)17-12-24-8-13-25(14-9-24)28-19-21-31(37-4-2)30(34)22-28/h10-12,15-22,24-25H,3-9,13-14H2,1-2H3. The summed E-state index contributed by atoms with van der Waals surface area (Å²) in [6.45, 7) is 4.45. The van der Waals surface area contributed by atoms with Crippen LogP contribution in [0.5, 0.6) is 5.75 Å². The van der Waals surface area contributed by atoms with Crippen LogP contribution in [-0.2, 0) is 6.42 Å². The fourth-order valence-corrected chi connectivity index (χ4v) is 5.27. The van der Waals surface area contributed by atoms with Crippen molar-refractivity contribution in [2.24, 2.45) is 5.92 Å². The van der Waals surface area contributed by atoms with Crippen molar-refractivity contribution in [2.45, 2.75) is 71.1 Å². The fraction of sp³-hybridized carbons (Fsp3) is 0.394.